The number of hydrogen-bond donors (Lipinski definition) is 3. The second-order valence-electron chi connectivity index (χ2n) is 6.15. The Morgan fingerprint density at radius 3 is 2.31 bits per heavy atom. The van der Waals surface area contributed by atoms with Crippen LogP contribution in [0, 0.1) is 20.8 Å². The lowest BCUT2D eigenvalue weighted by atomic mass is 10.1. The maximum atomic E-state index is 12.1. The van der Waals surface area contributed by atoms with Gasteiger partial charge in [-0.3, -0.25) is 9.59 Å². The van der Waals surface area contributed by atoms with Crippen LogP contribution in [-0.2, 0) is 9.59 Å². The lowest BCUT2D eigenvalue weighted by Crippen LogP contribution is -2.36. The summed E-state index contributed by atoms with van der Waals surface area (Å²) in [6.07, 6.45) is 0. The van der Waals surface area contributed by atoms with Crippen molar-refractivity contribution < 1.29 is 14.3 Å². The molecular weight excluding hydrogens is 330 g/mol. The number of rotatable bonds is 7. The number of para-hydroxylation sites is 1. The third-order valence-corrected chi connectivity index (χ3v) is 3.98. The molecule has 138 valence electrons. The fraction of sp³-hybridized carbons (Fsp3) is 0.300. The van der Waals surface area contributed by atoms with E-state index in [1.807, 2.05) is 51.1 Å². The Balaban J connectivity index is 1.84. The topological polar surface area (TPSA) is 79.5 Å². The number of carbonyl (C=O) groups is 2. The van der Waals surface area contributed by atoms with Crippen molar-refractivity contribution in [2.75, 3.05) is 30.8 Å². The van der Waals surface area contributed by atoms with Crippen molar-refractivity contribution in [3.8, 4) is 5.75 Å². The summed E-state index contributed by atoms with van der Waals surface area (Å²) in [7, 11) is 1.54. The molecule has 0 saturated carbocycles. The van der Waals surface area contributed by atoms with Gasteiger partial charge in [-0.15, -0.1) is 0 Å². The maximum absolute atomic E-state index is 12.1. The molecule has 0 atom stereocenters. The van der Waals surface area contributed by atoms with E-state index in [0.717, 1.165) is 22.4 Å². The van der Waals surface area contributed by atoms with E-state index in [1.165, 1.54) is 0 Å². The van der Waals surface area contributed by atoms with Crippen LogP contribution < -0.4 is 20.7 Å². The summed E-state index contributed by atoms with van der Waals surface area (Å²) in [5, 5.41) is 8.48. The Hall–Kier alpha value is -3.02. The lowest BCUT2D eigenvalue weighted by molar-refractivity contribution is -0.122. The number of methoxy groups -OCH3 is 1. The minimum atomic E-state index is -0.311. The molecule has 0 unspecified atom stereocenters. The first-order valence-corrected chi connectivity index (χ1v) is 8.42. The predicted molar refractivity (Wildman–Crippen MR) is 104 cm³/mol. The fourth-order valence-electron chi connectivity index (χ4n) is 2.62. The molecule has 2 rings (SSSR count). The highest BCUT2D eigenvalue weighted by Crippen LogP contribution is 2.25. The van der Waals surface area contributed by atoms with Gasteiger partial charge < -0.3 is 20.7 Å². The molecule has 6 nitrogen and oxygen atoms in total. The first kappa shape index (κ1) is 19.3. The largest absolute Gasteiger partial charge is 0.495 e. The number of hydrogen-bond acceptors (Lipinski definition) is 4. The minimum absolute atomic E-state index is 0.104. The van der Waals surface area contributed by atoms with Crippen LogP contribution in [0.3, 0.4) is 0 Å². The van der Waals surface area contributed by atoms with Gasteiger partial charge in [-0.05, 0) is 49.6 Å². The van der Waals surface area contributed by atoms with Crippen molar-refractivity contribution >= 4 is 23.2 Å². The van der Waals surface area contributed by atoms with E-state index in [9.17, 15) is 9.59 Å². The van der Waals surface area contributed by atoms with Crippen LogP contribution in [0.2, 0.25) is 0 Å². The fourth-order valence-corrected chi connectivity index (χ4v) is 2.62. The molecule has 0 aliphatic heterocycles. The standard InChI is InChI=1S/C20H25N3O3/c1-13-8-9-17(26-4)16(10-13)23-19(25)12-21-18(24)11-22-20-14(2)6-5-7-15(20)3/h5-10,22H,11-12H2,1-4H3,(H,21,24)(H,23,25). The highest BCUT2D eigenvalue weighted by molar-refractivity contribution is 5.96. The van der Waals surface area contributed by atoms with Crippen LogP contribution in [0.4, 0.5) is 11.4 Å². The summed E-state index contributed by atoms with van der Waals surface area (Å²) < 4.78 is 5.22. The predicted octanol–water partition coefficient (Wildman–Crippen LogP) is 2.79. The quantitative estimate of drug-likeness (QED) is 0.713. The van der Waals surface area contributed by atoms with E-state index < -0.39 is 0 Å². The third-order valence-electron chi connectivity index (χ3n) is 3.98. The number of benzene rings is 2. The molecule has 0 aliphatic carbocycles. The molecule has 2 aromatic rings. The minimum Gasteiger partial charge on any atom is -0.495 e. The van der Waals surface area contributed by atoms with Gasteiger partial charge in [0.05, 0.1) is 25.9 Å². The Bertz CT molecular complexity index is 783. The maximum Gasteiger partial charge on any atom is 0.243 e. The van der Waals surface area contributed by atoms with Gasteiger partial charge in [0.15, 0.2) is 0 Å². The molecule has 26 heavy (non-hydrogen) atoms. The van der Waals surface area contributed by atoms with Crippen molar-refractivity contribution in [3.05, 3.63) is 53.1 Å². The molecular formula is C20H25N3O3. The summed E-state index contributed by atoms with van der Waals surface area (Å²) in [6, 6.07) is 11.4. The van der Waals surface area contributed by atoms with Gasteiger partial charge in [0.1, 0.15) is 5.75 Å². The SMILES string of the molecule is COc1ccc(C)cc1NC(=O)CNC(=O)CNc1c(C)cccc1C. The third kappa shape index (κ3) is 5.24. The Morgan fingerprint density at radius 1 is 0.962 bits per heavy atom. The summed E-state index contributed by atoms with van der Waals surface area (Å²) in [5.41, 5.74) is 4.67. The van der Waals surface area contributed by atoms with Crippen molar-refractivity contribution in [2.24, 2.45) is 0 Å². The Morgan fingerprint density at radius 2 is 1.65 bits per heavy atom. The summed E-state index contributed by atoms with van der Waals surface area (Å²) in [4.78, 5) is 24.1. The average molecular weight is 355 g/mol. The molecule has 6 heteroatoms. The van der Waals surface area contributed by atoms with Crippen LogP contribution in [0.5, 0.6) is 5.75 Å². The summed E-state index contributed by atoms with van der Waals surface area (Å²) in [6.45, 7) is 5.89. The number of nitrogens with one attached hydrogen (secondary N) is 3. The Kier molecular flexibility index (Phi) is 6.60. The van der Waals surface area contributed by atoms with E-state index in [-0.39, 0.29) is 24.9 Å². The van der Waals surface area contributed by atoms with Gasteiger partial charge in [-0.2, -0.15) is 0 Å². The summed E-state index contributed by atoms with van der Waals surface area (Å²) >= 11 is 0. The zero-order chi connectivity index (χ0) is 19.1. The number of aryl methyl sites for hydroxylation is 3. The lowest BCUT2D eigenvalue weighted by Gasteiger charge is -2.13. The van der Waals surface area contributed by atoms with E-state index >= 15 is 0 Å². The molecule has 0 saturated heterocycles. The van der Waals surface area contributed by atoms with Gasteiger partial charge in [0.2, 0.25) is 11.8 Å². The van der Waals surface area contributed by atoms with E-state index in [0.29, 0.717) is 11.4 Å². The Labute approximate surface area is 153 Å². The first-order chi connectivity index (χ1) is 12.4. The first-order valence-electron chi connectivity index (χ1n) is 8.42. The van der Waals surface area contributed by atoms with Crippen LogP contribution in [0.15, 0.2) is 36.4 Å². The molecule has 0 spiro atoms. The van der Waals surface area contributed by atoms with Gasteiger partial charge >= 0.3 is 0 Å². The van der Waals surface area contributed by atoms with E-state index in [4.69, 9.17) is 4.74 Å². The molecule has 0 aliphatic rings. The number of anilines is 2. The molecule has 2 aromatic carbocycles. The van der Waals surface area contributed by atoms with Crippen LogP contribution >= 0.6 is 0 Å². The molecule has 0 bridgehead atoms. The highest BCUT2D eigenvalue weighted by Gasteiger charge is 2.10. The van der Waals surface area contributed by atoms with Crippen molar-refractivity contribution in [1.29, 1.82) is 0 Å². The van der Waals surface area contributed by atoms with Crippen molar-refractivity contribution in [1.82, 2.24) is 5.32 Å². The molecule has 0 fully saturated rings. The zero-order valence-corrected chi connectivity index (χ0v) is 15.6. The van der Waals surface area contributed by atoms with Gasteiger partial charge in [-0.1, -0.05) is 24.3 Å². The highest BCUT2D eigenvalue weighted by atomic mass is 16.5. The summed E-state index contributed by atoms with van der Waals surface area (Å²) in [5.74, 6) is 0.0142. The monoisotopic (exact) mass is 355 g/mol. The average Bonchev–Trinajstić information content (AvgIpc) is 2.60. The van der Waals surface area contributed by atoms with Crippen LogP contribution in [0.1, 0.15) is 16.7 Å². The molecule has 0 radical (unpaired) electrons. The van der Waals surface area contributed by atoms with Gasteiger partial charge in [-0.25, -0.2) is 0 Å². The smallest absolute Gasteiger partial charge is 0.243 e. The van der Waals surface area contributed by atoms with Gasteiger partial charge in [0, 0.05) is 5.69 Å². The van der Waals surface area contributed by atoms with Gasteiger partial charge in [0.25, 0.3) is 0 Å². The second kappa shape index (κ2) is 8.89. The normalized spacial score (nSPS) is 10.2. The number of amides is 2. The van der Waals surface area contributed by atoms with Crippen LogP contribution in [-0.4, -0.2) is 32.0 Å². The van der Waals surface area contributed by atoms with E-state index in [2.05, 4.69) is 16.0 Å². The van der Waals surface area contributed by atoms with Crippen LogP contribution in [0.25, 0.3) is 0 Å². The zero-order valence-electron chi connectivity index (χ0n) is 15.6. The second-order valence-corrected chi connectivity index (χ2v) is 6.15. The van der Waals surface area contributed by atoms with Crippen molar-refractivity contribution in [3.63, 3.8) is 0 Å². The molecule has 2 amide bonds. The molecule has 0 heterocycles. The molecule has 3 N–H and O–H groups in total. The van der Waals surface area contributed by atoms with Crippen molar-refractivity contribution in [2.45, 2.75) is 20.8 Å². The number of carbonyl (C=O) groups excluding carboxylic acids is 2. The number of ether oxygens (including phenoxy) is 1. The van der Waals surface area contributed by atoms with E-state index in [1.54, 1.807) is 13.2 Å². The molecule has 0 aromatic heterocycles.